The average molecular weight is 1370 g/mol. The number of rotatable bonds is 21. The summed E-state index contributed by atoms with van der Waals surface area (Å²) in [5.41, 5.74) is 1.59. The van der Waals surface area contributed by atoms with Crippen LogP contribution >= 0.6 is 0 Å². The Morgan fingerprint density at radius 2 is 0.939 bits per heavy atom. The fraction of sp³-hybridized carbons (Fsp3) is 0.406. The van der Waals surface area contributed by atoms with E-state index in [0.717, 1.165) is 50.8 Å². The lowest BCUT2D eigenvalue weighted by Crippen LogP contribution is -2.77. The van der Waals surface area contributed by atoms with E-state index < -0.39 is 128 Å². The number of halogens is 6. The Hall–Kier alpha value is -10.4. The van der Waals surface area contributed by atoms with E-state index in [0.29, 0.717) is 37.1 Å². The highest BCUT2D eigenvalue weighted by atomic mass is 19.4. The van der Waals surface area contributed by atoms with Crippen molar-refractivity contribution >= 4 is 54.0 Å². The molecule has 0 saturated carbocycles. The van der Waals surface area contributed by atoms with Gasteiger partial charge >= 0.3 is 42.7 Å². The Morgan fingerprint density at radius 1 is 0.520 bits per heavy atom. The molecule has 4 fully saturated rings. The summed E-state index contributed by atoms with van der Waals surface area (Å²) in [7, 11) is 0. The minimum atomic E-state index is -4.62. The molecule has 4 aliphatic rings. The molecule has 6 atom stereocenters. The number of fused-ring (bicyclic) bond motifs is 2. The van der Waals surface area contributed by atoms with Gasteiger partial charge in [-0.15, -0.1) is 0 Å². The summed E-state index contributed by atoms with van der Waals surface area (Å²) >= 11 is 0. The normalized spacial score (nSPS) is 19.2. The maximum Gasteiger partial charge on any atom is 0.416 e. The fourth-order valence-corrected chi connectivity index (χ4v) is 11.9. The average Bonchev–Trinajstić information content (AvgIpc) is 0.753. The number of ether oxygens (including phenoxy) is 3. The summed E-state index contributed by atoms with van der Waals surface area (Å²) in [6.07, 6.45) is -11.2. The number of aryl methyl sites for hydroxylation is 2. The van der Waals surface area contributed by atoms with Crippen LogP contribution in [-0.2, 0) is 78.5 Å². The van der Waals surface area contributed by atoms with Crippen molar-refractivity contribution in [2.24, 2.45) is 5.92 Å². The van der Waals surface area contributed by atoms with Crippen molar-refractivity contribution in [3.8, 4) is 0 Å². The number of hydrogen-bond donors (Lipinski definition) is 5. The summed E-state index contributed by atoms with van der Waals surface area (Å²) in [4.78, 5) is 130. The van der Waals surface area contributed by atoms with E-state index in [4.69, 9.17) is 14.2 Å². The molecule has 0 unspecified atom stereocenters. The lowest BCUT2D eigenvalue weighted by molar-refractivity contribution is -0.173. The van der Waals surface area contributed by atoms with Gasteiger partial charge in [-0.25, -0.2) is 24.0 Å². The second kappa shape index (κ2) is 33.5. The first-order valence-corrected chi connectivity index (χ1v) is 31.9. The second-order valence-corrected chi connectivity index (χ2v) is 24.0. The monoisotopic (exact) mass is 1370 g/mol. The number of nitrogens with zero attached hydrogens (tertiary/aromatic N) is 6. The van der Waals surface area contributed by atoms with Gasteiger partial charge in [-0.3, -0.25) is 29.0 Å². The number of nitrogens with one attached hydrogen (secondary N) is 5. The predicted molar refractivity (Wildman–Crippen MR) is 344 cm³/mol. The van der Waals surface area contributed by atoms with Gasteiger partial charge in [0.2, 0.25) is 23.6 Å². The molecule has 5 N–H and O–H groups in total. The largest absolute Gasteiger partial charge is 0.445 e. The first kappa shape index (κ1) is 73.5. The van der Waals surface area contributed by atoms with Crippen molar-refractivity contribution in [1.82, 2.24) is 56.0 Å². The van der Waals surface area contributed by atoms with Crippen molar-refractivity contribution in [2.75, 3.05) is 59.0 Å². The SMILES string of the molecule is C=CCOC(=O)N[C@H]1CN(C(=O)OCc2cc(C)cc(C(F)(F)F)c2)[C@H]2CN(Cc3ccccc3)C(=O)[C@H](CNC(=O)NCCC)N2C1=O.CCCNC(=O)NC[C@H]1C(=O)N(Cc2ccccc2)C[C@@H]2N(C(=O)OCc3cc(C)cc(C(F)(F)F)c3)C[C@H](Cc3ccccc3)C(=O)N21. The van der Waals surface area contributed by atoms with E-state index in [1.54, 1.807) is 29.2 Å². The zero-order chi connectivity index (χ0) is 70.8. The number of amides is 11. The van der Waals surface area contributed by atoms with E-state index in [-0.39, 0.29) is 75.9 Å². The van der Waals surface area contributed by atoms with E-state index in [1.807, 2.05) is 80.6 Å². The smallest absolute Gasteiger partial charge is 0.416 e. The zero-order valence-corrected chi connectivity index (χ0v) is 54.5. The van der Waals surface area contributed by atoms with Gasteiger partial charge in [-0.05, 0) is 85.2 Å². The minimum Gasteiger partial charge on any atom is -0.445 e. The summed E-state index contributed by atoms with van der Waals surface area (Å²) in [6, 6.07) is 29.3. The maximum atomic E-state index is 14.3. The highest BCUT2D eigenvalue weighted by Gasteiger charge is 2.54. The molecular formula is C69H79F6N11O12. The van der Waals surface area contributed by atoms with Crippen LogP contribution in [0.2, 0.25) is 0 Å². The Labute approximate surface area is 562 Å². The van der Waals surface area contributed by atoms with Crippen LogP contribution in [0.4, 0.5) is 50.3 Å². The van der Waals surface area contributed by atoms with E-state index in [1.165, 1.54) is 46.8 Å². The van der Waals surface area contributed by atoms with Gasteiger partial charge in [0.25, 0.3) is 0 Å². The van der Waals surface area contributed by atoms with E-state index >= 15 is 0 Å². The molecule has 5 aromatic carbocycles. The highest BCUT2D eigenvalue weighted by molar-refractivity contribution is 5.95. The topological polar surface area (TPSA) is 261 Å². The molecule has 5 aromatic rings. The minimum absolute atomic E-state index is 0.0339. The lowest BCUT2D eigenvalue weighted by Gasteiger charge is -2.53. The van der Waals surface area contributed by atoms with Gasteiger partial charge in [-0.1, -0.05) is 141 Å². The summed E-state index contributed by atoms with van der Waals surface area (Å²) in [5.74, 6) is -2.73. The molecule has 0 radical (unpaired) electrons. The molecule has 98 heavy (non-hydrogen) atoms. The van der Waals surface area contributed by atoms with E-state index in [2.05, 4.69) is 33.2 Å². The highest BCUT2D eigenvalue weighted by Crippen LogP contribution is 2.35. The fourth-order valence-electron chi connectivity index (χ4n) is 11.9. The third kappa shape index (κ3) is 19.4. The van der Waals surface area contributed by atoms with Gasteiger partial charge in [0, 0.05) is 45.8 Å². The van der Waals surface area contributed by atoms with Crippen LogP contribution in [0.3, 0.4) is 0 Å². The number of urea groups is 2. The van der Waals surface area contributed by atoms with Crippen LogP contribution in [-0.4, -0.2) is 173 Å². The zero-order valence-electron chi connectivity index (χ0n) is 54.5. The van der Waals surface area contributed by atoms with Crippen LogP contribution < -0.4 is 26.6 Å². The molecule has 4 saturated heterocycles. The van der Waals surface area contributed by atoms with Crippen LogP contribution in [0, 0.1) is 19.8 Å². The van der Waals surface area contributed by atoms with Crippen LogP contribution in [0.1, 0.15) is 76.8 Å². The molecule has 0 spiro atoms. The molecule has 0 aromatic heterocycles. The van der Waals surface area contributed by atoms with Gasteiger partial charge < -0.3 is 60.4 Å². The van der Waals surface area contributed by atoms with Crippen LogP contribution in [0.5, 0.6) is 0 Å². The standard InChI is InChI=1S/C36H40F3N5O5.C33H39F3N6O7/c1-3-14-40-34(47)41-19-30-33(46)42(20-26-12-8-5-9-13-26)22-31-43(21-28(32(45)44(30)31)17-25-10-6-4-7-11-25)35(48)49-23-27-15-24(2)16-29(18-27)36(37,38)39;1-4-11-37-30(45)38-16-26-29(44)40(17-22-9-7-6-8-10-22)19-27-41(18-25(28(43)42(26)27)39-31(46)48-12-5-2)32(47)49-20-23-13-21(3)14-24(15-23)33(34,35)36/h4-13,15-16,18,28,30-31H,3,14,17,19-23H2,1-2H3,(H2,40,41,47);5-10,13-15,25-27H,2,4,11-12,16-20H2,1,3H3,(H,39,46)(H2,37,38,45)/t28-,30-,31+;25-,26-,27+/m00/s1. The molecule has 524 valence electrons. The first-order valence-electron chi connectivity index (χ1n) is 31.9. The summed E-state index contributed by atoms with van der Waals surface area (Å²) in [6.45, 7) is 9.00. The van der Waals surface area contributed by atoms with Crippen LogP contribution in [0.15, 0.2) is 140 Å². The Kier molecular flexibility index (Phi) is 25.1. The predicted octanol–water partition coefficient (Wildman–Crippen LogP) is 8.62. The molecule has 11 amide bonds. The second-order valence-electron chi connectivity index (χ2n) is 24.0. The Bertz CT molecular complexity index is 3650. The lowest BCUT2D eigenvalue weighted by atomic mass is 9.91. The number of alkyl carbamates (subject to hydrolysis) is 1. The quantitative estimate of drug-likeness (QED) is 0.0263. The van der Waals surface area contributed by atoms with Crippen molar-refractivity contribution in [3.05, 3.63) is 190 Å². The molecule has 9 rings (SSSR count). The van der Waals surface area contributed by atoms with Crippen LogP contribution in [0.25, 0.3) is 0 Å². The maximum absolute atomic E-state index is 14.3. The molecule has 0 aliphatic carbocycles. The number of piperazine rings is 2. The molecule has 23 nitrogen and oxygen atoms in total. The number of hydrogen-bond acceptors (Lipinski definition) is 12. The number of carbonyl (C=O) groups is 9. The Balaban J connectivity index is 0.000000250. The number of alkyl halides is 6. The van der Waals surface area contributed by atoms with E-state index in [9.17, 15) is 69.5 Å². The van der Waals surface area contributed by atoms with Gasteiger partial charge in [0.15, 0.2) is 0 Å². The Morgan fingerprint density at radius 3 is 1.36 bits per heavy atom. The molecule has 0 bridgehead atoms. The third-order valence-corrected chi connectivity index (χ3v) is 16.4. The van der Waals surface area contributed by atoms with Crippen molar-refractivity contribution in [3.63, 3.8) is 0 Å². The first-order chi connectivity index (χ1) is 46.8. The third-order valence-electron chi connectivity index (χ3n) is 16.4. The summed E-state index contributed by atoms with van der Waals surface area (Å²) in [5, 5.41) is 13.1. The molecule has 4 heterocycles. The van der Waals surface area contributed by atoms with Gasteiger partial charge in [0.1, 0.15) is 50.3 Å². The molecule has 4 aliphatic heterocycles. The van der Waals surface area contributed by atoms with Gasteiger partial charge in [-0.2, -0.15) is 26.3 Å². The van der Waals surface area contributed by atoms with Crippen molar-refractivity contribution in [2.45, 2.75) is 116 Å². The number of carbonyl (C=O) groups excluding carboxylic acids is 9. The number of benzene rings is 5. The molecular weight excluding hydrogens is 1290 g/mol. The van der Waals surface area contributed by atoms with Crippen molar-refractivity contribution in [1.29, 1.82) is 0 Å². The molecule has 29 heteroatoms. The van der Waals surface area contributed by atoms with Gasteiger partial charge in [0.05, 0.1) is 36.7 Å². The summed E-state index contributed by atoms with van der Waals surface area (Å²) < 4.78 is 97.0. The van der Waals surface area contributed by atoms with Crippen molar-refractivity contribution < 1.29 is 83.7 Å².